The highest BCUT2D eigenvalue weighted by atomic mass is 35.5. The molecule has 9 nitrogen and oxygen atoms in total. The molecule has 1 saturated heterocycles. The van der Waals surface area contributed by atoms with Gasteiger partial charge in [-0.05, 0) is 47.9 Å². The zero-order valence-electron chi connectivity index (χ0n) is 20.5. The van der Waals surface area contributed by atoms with Gasteiger partial charge in [0.25, 0.3) is 17.4 Å². The van der Waals surface area contributed by atoms with Crippen molar-refractivity contribution in [3.05, 3.63) is 109 Å². The van der Waals surface area contributed by atoms with E-state index in [4.69, 9.17) is 27.9 Å². The largest absolute Gasteiger partial charge is 0.507 e. The second kappa shape index (κ2) is 10.4. The molecule has 5 rings (SSSR count). The van der Waals surface area contributed by atoms with Gasteiger partial charge in [-0.15, -0.1) is 0 Å². The van der Waals surface area contributed by atoms with E-state index in [-0.39, 0.29) is 28.4 Å². The number of Topliss-reactive ketones (excluding diaryl/α,β-unsaturated/α-hetero) is 1. The molecule has 1 aromatic heterocycles. The third-order valence-corrected chi connectivity index (χ3v) is 7.29. The van der Waals surface area contributed by atoms with Crippen LogP contribution in [-0.4, -0.2) is 45.3 Å². The maximum atomic E-state index is 13.3. The summed E-state index contributed by atoms with van der Waals surface area (Å²) in [5.74, 6) is -1.60. The number of non-ortho nitro benzene ring substituents is 1. The molecule has 4 aromatic rings. The van der Waals surface area contributed by atoms with Crippen LogP contribution in [0.3, 0.4) is 0 Å². The summed E-state index contributed by atoms with van der Waals surface area (Å²) in [6.07, 6.45) is 2.20. The van der Waals surface area contributed by atoms with E-state index >= 15 is 0 Å². The lowest BCUT2D eigenvalue weighted by Crippen LogP contribution is -2.31. The van der Waals surface area contributed by atoms with E-state index in [0.717, 1.165) is 22.5 Å². The Labute approximate surface area is 232 Å². The number of aliphatic hydroxyl groups is 1. The van der Waals surface area contributed by atoms with Crippen LogP contribution in [0.15, 0.2) is 72.4 Å². The quantitative estimate of drug-likeness (QED) is 0.0922. The SMILES string of the molecule is COc1ccc2[nH]cc(CCN3C(=O)C(=O)C(=C(O)c4cccc([N+](=O)[O-])c4)[C@H]3c3ccc(Cl)cc3Cl)c2c1. The number of nitro groups is 1. The number of halogens is 2. The number of hydrogen-bond donors (Lipinski definition) is 2. The van der Waals surface area contributed by atoms with Crippen LogP contribution in [-0.2, 0) is 16.0 Å². The summed E-state index contributed by atoms with van der Waals surface area (Å²) >= 11 is 12.6. The number of benzene rings is 3. The molecule has 0 spiro atoms. The van der Waals surface area contributed by atoms with Gasteiger partial charge in [-0.25, -0.2) is 0 Å². The lowest BCUT2D eigenvalue weighted by molar-refractivity contribution is -0.384. The standard InChI is InChI=1S/C28H21Cl2N3O6/c1-39-19-6-8-23-21(13-19)16(14-31-23)9-10-32-25(20-7-5-17(29)12-22(20)30)24(27(35)28(32)36)26(34)15-3-2-4-18(11-15)33(37)38/h2-8,11-14,25,31,34H,9-10H2,1H3/t25-/m1/s1. The molecule has 1 aliphatic heterocycles. The van der Waals surface area contributed by atoms with E-state index in [1.165, 1.54) is 29.2 Å². The number of rotatable bonds is 7. The van der Waals surface area contributed by atoms with Crippen molar-refractivity contribution in [3.8, 4) is 5.75 Å². The van der Waals surface area contributed by atoms with E-state index in [2.05, 4.69) is 4.98 Å². The number of nitrogens with one attached hydrogen (secondary N) is 1. The smallest absolute Gasteiger partial charge is 0.295 e. The Kier molecular flexibility index (Phi) is 7.03. The molecule has 0 aliphatic carbocycles. The first-order valence-electron chi connectivity index (χ1n) is 11.8. The molecular formula is C28H21Cl2N3O6. The number of amides is 1. The highest BCUT2D eigenvalue weighted by molar-refractivity contribution is 6.47. The van der Waals surface area contributed by atoms with Gasteiger partial charge in [0.1, 0.15) is 11.5 Å². The van der Waals surface area contributed by atoms with Crippen LogP contribution in [0.5, 0.6) is 5.75 Å². The zero-order chi connectivity index (χ0) is 27.8. The number of carbonyl (C=O) groups is 2. The number of aliphatic hydroxyl groups excluding tert-OH is 1. The van der Waals surface area contributed by atoms with Crippen molar-refractivity contribution in [1.82, 2.24) is 9.88 Å². The maximum absolute atomic E-state index is 13.3. The molecule has 1 atom stereocenters. The predicted octanol–water partition coefficient (Wildman–Crippen LogP) is 6.06. The third kappa shape index (κ3) is 4.82. The van der Waals surface area contributed by atoms with Gasteiger partial charge in [-0.3, -0.25) is 19.7 Å². The lowest BCUT2D eigenvalue weighted by atomic mass is 9.95. The fourth-order valence-corrected chi connectivity index (χ4v) is 5.32. The minimum atomic E-state index is -1.05. The van der Waals surface area contributed by atoms with Crippen molar-refractivity contribution in [2.45, 2.75) is 12.5 Å². The lowest BCUT2D eigenvalue weighted by Gasteiger charge is -2.26. The molecule has 2 heterocycles. The fourth-order valence-electron chi connectivity index (χ4n) is 4.81. The first-order valence-corrected chi connectivity index (χ1v) is 12.6. The Morgan fingerprint density at radius 3 is 2.64 bits per heavy atom. The predicted molar refractivity (Wildman–Crippen MR) is 147 cm³/mol. The summed E-state index contributed by atoms with van der Waals surface area (Å²) < 4.78 is 5.33. The molecule has 39 heavy (non-hydrogen) atoms. The molecule has 1 amide bonds. The van der Waals surface area contributed by atoms with Crippen LogP contribution in [0, 0.1) is 10.1 Å². The molecule has 0 unspecified atom stereocenters. The number of ketones is 1. The first kappa shape index (κ1) is 26.3. The Morgan fingerprint density at radius 1 is 1.13 bits per heavy atom. The average Bonchev–Trinajstić information content (AvgIpc) is 3.44. The first-order chi connectivity index (χ1) is 18.7. The Balaban J connectivity index is 1.59. The van der Waals surface area contributed by atoms with Crippen LogP contribution in [0.1, 0.15) is 22.7 Å². The number of aromatic nitrogens is 1. The Hall–Kier alpha value is -4.34. The number of nitrogens with zero attached hydrogens (tertiary/aromatic N) is 2. The van der Waals surface area contributed by atoms with Gasteiger partial charge >= 0.3 is 0 Å². The minimum Gasteiger partial charge on any atom is -0.507 e. The average molecular weight is 566 g/mol. The third-order valence-electron chi connectivity index (χ3n) is 6.72. The van der Waals surface area contributed by atoms with E-state index in [9.17, 15) is 24.8 Å². The van der Waals surface area contributed by atoms with Crippen LogP contribution >= 0.6 is 23.2 Å². The van der Waals surface area contributed by atoms with Gasteiger partial charge in [-0.2, -0.15) is 0 Å². The number of aromatic amines is 1. The van der Waals surface area contributed by atoms with Crippen molar-refractivity contribution in [3.63, 3.8) is 0 Å². The van der Waals surface area contributed by atoms with Gasteiger partial charge < -0.3 is 19.7 Å². The monoisotopic (exact) mass is 565 g/mol. The van der Waals surface area contributed by atoms with Gasteiger partial charge in [0, 0.05) is 51.4 Å². The number of methoxy groups -OCH3 is 1. The molecule has 0 bridgehead atoms. The van der Waals surface area contributed by atoms with E-state index in [0.29, 0.717) is 22.8 Å². The van der Waals surface area contributed by atoms with E-state index < -0.39 is 28.4 Å². The number of hydrogen-bond acceptors (Lipinski definition) is 6. The summed E-state index contributed by atoms with van der Waals surface area (Å²) in [6.45, 7) is 0.115. The summed E-state index contributed by atoms with van der Waals surface area (Å²) in [6, 6.07) is 14.4. The highest BCUT2D eigenvalue weighted by Crippen LogP contribution is 2.43. The van der Waals surface area contributed by atoms with Crippen molar-refractivity contribution in [2.75, 3.05) is 13.7 Å². The molecule has 0 saturated carbocycles. The van der Waals surface area contributed by atoms with Crippen LogP contribution < -0.4 is 4.74 Å². The van der Waals surface area contributed by atoms with Crippen molar-refractivity contribution in [2.24, 2.45) is 0 Å². The number of ether oxygens (including phenoxy) is 1. The van der Waals surface area contributed by atoms with Gasteiger partial charge in [0.05, 0.1) is 23.6 Å². The molecule has 198 valence electrons. The van der Waals surface area contributed by atoms with Gasteiger partial charge in [-0.1, -0.05) is 41.4 Å². The number of nitro benzene ring substituents is 1. The van der Waals surface area contributed by atoms with Crippen LogP contribution in [0.4, 0.5) is 5.69 Å². The fraction of sp³-hybridized carbons (Fsp3) is 0.143. The van der Waals surface area contributed by atoms with Gasteiger partial charge in [0.2, 0.25) is 0 Å². The summed E-state index contributed by atoms with van der Waals surface area (Å²) in [5.41, 5.74) is 1.70. The van der Waals surface area contributed by atoms with Crippen LogP contribution in [0.25, 0.3) is 16.7 Å². The second-order valence-corrected chi connectivity index (χ2v) is 9.78. The number of fused-ring (bicyclic) bond motifs is 1. The molecule has 0 radical (unpaired) electrons. The summed E-state index contributed by atoms with van der Waals surface area (Å²) in [7, 11) is 1.57. The van der Waals surface area contributed by atoms with Crippen LogP contribution in [0.2, 0.25) is 10.0 Å². The van der Waals surface area contributed by atoms with Crippen molar-refractivity contribution in [1.29, 1.82) is 0 Å². The Morgan fingerprint density at radius 2 is 1.92 bits per heavy atom. The second-order valence-electron chi connectivity index (χ2n) is 8.94. The maximum Gasteiger partial charge on any atom is 0.295 e. The topological polar surface area (TPSA) is 126 Å². The molecular weight excluding hydrogens is 545 g/mol. The number of likely N-dealkylation sites (tertiary alicyclic amines) is 1. The zero-order valence-corrected chi connectivity index (χ0v) is 22.0. The minimum absolute atomic E-state index is 0.0287. The highest BCUT2D eigenvalue weighted by Gasteiger charge is 2.46. The molecule has 3 aromatic carbocycles. The van der Waals surface area contributed by atoms with Gasteiger partial charge in [0.15, 0.2) is 0 Å². The summed E-state index contributed by atoms with van der Waals surface area (Å²) in [4.78, 5) is 41.9. The molecule has 1 fully saturated rings. The molecule has 11 heteroatoms. The number of carbonyl (C=O) groups excluding carboxylic acids is 2. The molecule has 1 aliphatic rings. The van der Waals surface area contributed by atoms with E-state index in [1.54, 1.807) is 19.2 Å². The van der Waals surface area contributed by atoms with E-state index in [1.807, 2.05) is 24.4 Å². The van der Waals surface area contributed by atoms with Crippen molar-refractivity contribution >= 4 is 57.2 Å². The summed E-state index contributed by atoms with van der Waals surface area (Å²) in [5, 5.41) is 24.0. The normalized spacial score (nSPS) is 16.7. The molecule has 2 N–H and O–H groups in total. The Bertz CT molecular complexity index is 1680. The number of H-pyrrole nitrogens is 1. The van der Waals surface area contributed by atoms with Crippen molar-refractivity contribution < 1.29 is 24.4 Å².